The summed E-state index contributed by atoms with van der Waals surface area (Å²) in [4.78, 5) is 12.5. The Bertz CT molecular complexity index is 293. The van der Waals surface area contributed by atoms with Gasteiger partial charge in [-0.05, 0) is 13.0 Å². The van der Waals surface area contributed by atoms with Crippen LogP contribution in [0.2, 0.25) is 0 Å². The van der Waals surface area contributed by atoms with E-state index in [4.69, 9.17) is 0 Å². The van der Waals surface area contributed by atoms with E-state index in [-0.39, 0.29) is 18.2 Å². The molecule has 0 unspecified atom stereocenters. The second-order valence-corrected chi connectivity index (χ2v) is 5.15. The lowest BCUT2D eigenvalue weighted by Crippen LogP contribution is -2.29. The molecule has 0 aromatic carbocycles. The predicted octanol–water partition coefficient (Wildman–Crippen LogP) is 0.0655. The fraction of sp³-hybridized carbons (Fsp3) is 0.625. The smallest absolute Gasteiger partial charge is 0.245 e. The molecule has 0 aromatic rings. The van der Waals surface area contributed by atoms with Gasteiger partial charge in [-0.2, -0.15) is 0 Å². The lowest BCUT2D eigenvalue weighted by atomic mass is 10.4. The molecule has 0 saturated carbocycles. The van der Waals surface area contributed by atoms with E-state index in [9.17, 15) is 13.2 Å². The number of carbonyl (C=O) groups excluding carboxylic acids is 1. The minimum Gasteiger partial charge on any atom is -0.341 e. The maximum absolute atomic E-state index is 11.1. The second kappa shape index (κ2) is 5.01. The Morgan fingerprint density at radius 3 is 2.38 bits per heavy atom. The fourth-order valence-corrected chi connectivity index (χ4v) is 1.29. The van der Waals surface area contributed by atoms with Crippen molar-refractivity contribution in [2.45, 2.75) is 6.92 Å². The number of likely N-dealkylation sites (N-methyl/N-ethyl adjacent to an activating group) is 1. The summed E-state index contributed by atoms with van der Waals surface area (Å²) in [6.07, 6.45) is 4.18. The topological polar surface area (TPSA) is 54.5 Å². The monoisotopic (exact) mass is 205 g/mol. The molecule has 0 bridgehead atoms. The van der Waals surface area contributed by atoms with Crippen molar-refractivity contribution in [2.75, 3.05) is 25.6 Å². The molecule has 0 aromatic heterocycles. The van der Waals surface area contributed by atoms with Crippen molar-refractivity contribution in [1.82, 2.24) is 4.90 Å². The average Bonchev–Trinajstić information content (AvgIpc) is 1.99. The van der Waals surface area contributed by atoms with Crippen LogP contribution in [0.15, 0.2) is 12.2 Å². The van der Waals surface area contributed by atoms with Crippen LogP contribution in [0.1, 0.15) is 6.92 Å². The zero-order valence-electron chi connectivity index (χ0n) is 8.15. The Kier molecular flexibility index (Phi) is 4.69. The van der Waals surface area contributed by atoms with Crippen LogP contribution in [0.25, 0.3) is 0 Å². The maximum atomic E-state index is 11.1. The molecule has 0 saturated heterocycles. The summed E-state index contributed by atoms with van der Waals surface area (Å²) < 4.78 is 21.5. The number of nitrogens with zero attached hydrogens (tertiary/aromatic N) is 1. The van der Waals surface area contributed by atoms with Crippen molar-refractivity contribution < 1.29 is 13.2 Å². The fourth-order valence-electron chi connectivity index (χ4n) is 0.683. The molecule has 4 nitrogen and oxygen atoms in total. The summed E-state index contributed by atoms with van der Waals surface area (Å²) in [7, 11) is -1.41. The molecule has 0 aliphatic carbocycles. The zero-order valence-corrected chi connectivity index (χ0v) is 8.97. The van der Waals surface area contributed by atoms with Crippen LogP contribution in [0.5, 0.6) is 0 Å². The van der Waals surface area contributed by atoms with E-state index in [1.165, 1.54) is 11.0 Å². The van der Waals surface area contributed by atoms with Crippen LogP contribution in [-0.2, 0) is 14.6 Å². The van der Waals surface area contributed by atoms with Crippen LogP contribution in [-0.4, -0.2) is 44.8 Å². The standard InChI is InChI=1S/C8H15NO3S/c1-4-5-8(10)9(2)6-7-13(3,11)12/h4-5H,6-7H2,1-3H3. The van der Waals surface area contributed by atoms with Gasteiger partial charge >= 0.3 is 0 Å². The van der Waals surface area contributed by atoms with Crippen LogP contribution in [0, 0.1) is 0 Å². The average molecular weight is 205 g/mol. The van der Waals surface area contributed by atoms with E-state index in [0.29, 0.717) is 0 Å². The van der Waals surface area contributed by atoms with Crippen LogP contribution < -0.4 is 0 Å². The third kappa shape index (κ3) is 6.33. The van der Waals surface area contributed by atoms with Gasteiger partial charge in [-0.25, -0.2) is 8.42 Å². The van der Waals surface area contributed by atoms with Gasteiger partial charge in [0.2, 0.25) is 5.91 Å². The molecule has 0 heterocycles. The Balaban J connectivity index is 4.02. The van der Waals surface area contributed by atoms with E-state index in [1.807, 2.05) is 0 Å². The molecule has 0 spiro atoms. The van der Waals surface area contributed by atoms with E-state index in [1.54, 1.807) is 20.0 Å². The first kappa shape index (κ1) is 12.2. The zero-order chi connectivity index (χ0) is 10.5. The number of amides is 1. The third-order valence-electron chi connectivity index (χ3n) is 1.48. The molecule has 13 heavy (non-hydrogen) atoms. The highest BCUT2D eigenvalue weighted by Gasteiger charge is 2.08. The van der Waals surface area contributed by atoms with Gasteiger partial charge in [-0.3, -0.25) is 4.79 Å². The van der Waals surface area contributed by atoms with Crippen molar-refractivity contribution >= 4 is 15.7 Å². The van der Waals surface area contributed by atoms with Crippen molar-refractivity contribution in [3.05, 3.63) is 12.2 Å². The summed E-state index contributed by atoms with van der Waals surface area (Å²) in [6, 6.07) is 0. The van der Waals surface area contributed by atoms with Crippen molar-refractivity contribution in [3.63, 3.8) is 0 Å². The number of hydrogen-bond acceptors (Lipinski definition) is 3. The molecule has 0 aliphatic heterocycles. The molecular formula is C8H15NO3S. The molecule has 0 fully saturated rings. The lowest BCUT2D eigenvalue weighted by molar-refractivity contribution is -0.124. The van der Waals surface area contributed by atoms with Gasteiger partial charge in [0, 0.05) is 19.8 Å². The summed E-state index contributed by atoms with van der Waals surface area (Å²) >= 11 is 0. The molecule has 0 radical (unpaired) electrons. The van der Waals surface area contributed by atoms with Crippen LogP contribution >= 0.6 is 0 Å². The molecule has 0 aliphatic rings. The number of allylic oxidation sites excluding steroid dienone is 1. The highest BCUT2D eigenvalue weighted by atomic mass is 32.2. The summed E-state index contributed by atoms with van der Waals surface area (Å²) in [6.45, 7) is 1.98. The molecular weight excluding hydrogens is 190 g/mol. The van der Waals surface area contributed by atoms with Gasteiger partial charge < -0.3 is 4.90 Å². The van der Waals surface area contributed by atoms with Crippen LogP contribution in [0.4, 0.5) is 0 Å². The normalized spacial score (nSPS) is 11.9. The third-order valence-corrected chi connectivity index (χ3v) is 2.41. The van der Waals surface area contributed by atoms with E-state index in [0.717, 1.165) is 6.26 Å². The number of carbonyl (C=O) groups is 1. The van der Waals surface area contributed by atoms with Gasteiger partial charge in [0.25, 0.3) is 0 Å². The van der Waals surface area contributed by atoms with Crippen molar-refractivity contribution in [2.24, 2.45) is 0 Å². The Labute approximate surface area is 79.2 Å². The van der Waals surface area contributed by atoms with Crippen molar-refractivity contribution in [3.8, 4) is 0 Å². The summed E-state index contributed by atoms with van der Waals surface area (Å²) in [5, 5.41) is 0. The molecule has 0 atom stereocenters. The Hall–Kier alpha value is -0.840. The largest absolute Gasteiger partial charge is 0.341 e. The molecule has 76 valence electrons. The molecule has 0 N–H and O–H groups in total. The van der Waals surface area contributed by atoms with Crippen LogP contribution in [0.3, 0.4) is 0 Å². The molecule has 1 amide bonds. The lowest BCUT2D eigenvalue weighted by Gasteiger charge is -2.13. The minimum atomic E-state index is -2.99. The molecule has 0 rings (SSSR count). The Morgan fingerprint density at radius 1 is 1.46 bits per heavy atom. The first-order valence-electron chi connectivity index (χ1n) is 3.92. The highest BCUT2D eigenvalue weighted by molar-refractivity contribution is 7.90. The van der Waals surface area contributed by atoms with Crippen molar-refractivity contribution in [1.29, 1.82) is 0 Å². The van der Waals surface area contributed by atoms with Gasteiger partial charge in [0.15, 0.2) is 0 Å². The van der Waals surface area contributed by atoms with E-state index >= 15 is 0 Å². The molecule has 5 heteroatoms. The number of sulfone groups is 1. The second-order valence-electron chi connectivity index (χ2n) is 2.89. The first-order valence-corrected chi connectivity index (χ1v) is 5.98. The number of hydrogen-bond donors (Lipinski definition) is 0. The minimum absolute atomic E-state index is 0.00674. The quantitative estimate of drug-likeness (QED) is 0.610. The van der Waals surface area contributed by atoms with E-state index in [2.05, 4.69) is 0 Å². The van der Waals surface area contributed by atoms with E-state index < -0.39 is 9.84 Å². The van der Waals surface area contributed by atoms with Gasteiger partial charge in [0.05, 0.1) is 5.75 Å². The maximum Gasteiger partial charge on any atom is 0.245 e. The highest BCUT2D eigenvalue weighted by Crippen LogP contribution is 1.90. The first-order chi connectivity index (χ1) is 5.87. The van der Waals surface area contributed by atoms with Gasteiger partial charge in [-0.1, -0.05) is 6.08 Å². The predicted molar refractivity (Wildman–Crippen MR) is 52.2 cm³/mol. The summed E-state index contributed by atoms with van der Waals surface area (Å²) in [5.41, 5.74) is 0. The summed E-state index contributed by atoms with van der Waals surface area (Å²) in [5.74, 6) is -0.168. The number of rotatable bonds is 4. The van der Waals surface area contributed by atoms with Gasteiger partial charge in [0.1, 0.15) is 9.84 Å². The van der Waals surface area contributed by atoms with Gasteiger partial charge in [-0.15, -0.1) is 0 Å². The SMILES string of the molecule is CC=CC(=O)N(C)CCS(C)(=O)=O. The Morgan fingerprint density at radius 2 is 2.00 bits per heavy atom.